The van der Waals surface area contributed by atoms with Crippen LogP contribution in [0.1, 0.15) is 12.8 Å². The van der Waals surface area contributed by atoms with Crippen LogP contribution in [0.3, 0.4) is 0 Å². The van der Waals surface area contributed by atoms with Crippen LogP contribution >= 0.6 is 11.9 Å². The first-order chi connectivity index (χ1) is 12.3. The highest BCUT2D eigenvalue weighted by molar-refractivity contribution is 7.97. The number of anilines is 2. The van der Waals surface area contributed by atoms with Gasteiger partial charge in [0.05, 0.1) is 0 Å². The summed E-state index contributed by atoms with van der Waals surface area (Å²) in [5, 5.41) is 6.86. The molecule has 1 saturated heterocycles. The predicted octanol–water partition coefficient (Wildman–Crippen LogP) is 4.91. The molecule has 0 aliphatic carbocycles. The Morgan fingerprint density at radius 1 is 1.00 bits per heavy atom. The van der Waals surface area contributed by atoms with Crippen molar-refractivity contribution in [3.63, 3.8) is 0 Å². The monoisotopic (exact) mass is 352 g/mol. The van der Waals surface area contributed by atoms with Crippen LogP contribution in [0.15, 0.2) is 59.6 Å². The summed E-state index contributed by atoms with van der Waals surface area (Å²) in [5.74, 6) is 0. The summed E-state index contributed by atoms with van der Waals surface area (Å²) in [6.45, 7) is 2.26. The van der Waals surface area contributed by atoms with Crippen LogP contribution in [0.2, 0.25) is 0 Å². The lowest BCUT2D eigenvalue weighted by Gasteiger charge is -2.14. The van der Waals surface area contributed by atoms with E-state index < -0.39 is 0 Å². The number of amides is 2. The van der Waals surface area contributed by atoms with E-state index in [0.29, 0.717) is 0 Å². The molecule has 128 valence electrons. The van der Waals surface area contributed by atoms with Gasteiger partial charge in [-0.15, -0.1) is 0 Å². The Bertz CT molecular complexity index is 886. The van der Waals surface area contributed by atoms with Crippen LogP contribution in [-0.2, 0) is 0 Å². The molecule has 3 N–H and O–H groups in total. The van der Waals surface area contributed by atoms with Gasteiger partial charge < -0.3 is 15.6 Å². The van der Waals surface area contributed by atoms with E-state index in [0.717, 1.165) is 40.3 Å². The molecule has 1 aliphatic rings. The Labute approximate surface area is 150 Å². The number of carbonyl (C=O) groups is 1. The van der Waals surface area contributed by atoms with Gasteiger partial charge >= 0.3 is 6.03 Å². The Hall–Kier alpha value is -2.44. The molecule has 6 heteroatoms. The fourth-order valence-corrected chi connectivity index (χ4v) is 4.04. The molecular formula is C19H20N4OS. The van der Waals surface area contributed by atoms with Crippen molar-refractivity contribution in [2.75, 3.05) is 23.7 Å². The molecule has 25 heavy (non-hydrogen) atoms. The van der Waals surface area contributed by atoms with Gasteiger partial charge in [0.25, 0.3) is 0 Å². The molecule has 1 fully saturated rings. The van der Waals surface area contributed by atoms with E-state index in [1.54, 1.807) is 11.9 Å². The number of hydrogen-bond acceptors (Lipinski definition) is 3. The number of nitrogens with one attached hydrogen (secondary N) is 3. The average Bonchev–Trinajstić information content (AvgIpc) is 3.26. The maximum atomic E-state index is 12.3. The summed E-state index contributed by atoms with van der Waals surface area (Å²) < 4.78 is 2.37. The van der Waals surface area contributed by atoms with Gasteiger partial charge in [0.2, 0.25) is 0 Å². The molecule has 1 aromatic heterocycles. The van der Waals surface area contributed by atoms with E-state index in [9.17, 15) is 4.79 Å². The van der Waals surface area contributed by atoms with Crippen molar-refractivity contribution in [3.05, 3.63) is 54.7 Å². The van der Waals surface area contributed by atoms with E-state index in [-0.39, 0.29) is 6.03 Å². The molecule has 5 nitrogen and oxygen atoms in total. The number of aromatic amines is 1. The predicted molar refractivity (Wildman–Crippen MR) is 104 cm³/mol. The second-order valence-corrected chi connectivity index (χ2v) is 7.28. The Balaban J connectivity index is 1.39. The zero-order valence-electron chi connectivity index (χ0n) is 13.8. The van der Waals surface area contributed by atoms with E-state index in [4.69, 9.17) is 0 Å². The Morgan fingerprint density at radius 3 is 2.64 bits per heavy atom. The van der Waals surface area contributed by atoms with Crippen molar-refractivity contribution in [1.29, 1.82) is 0 Å². The summed E-state index contributed by atoms with van der Waals surface area (Å²) in [6.07, 6.45) is 4.41. The van der Waals surface area contributed by atoms with Crippen molar-refractivity contribution in [1.82, 2.24) is 9.29 Å². The third-order valence-corrected chi connectivity index (χ3v) is 5.29. The minimum absolute atomic E-state index is 0.238. The van der Waals surface area contributed by atoms with E-state index in [1.165, 1.54) is 12.8 Å². The second kappa shape index (κ2) is 7.21. The quantitative estimate of drug-likeness (QED) is 0.584. The molecule has 0 atom stereocenters. The highest BCUT2D eigenvalue weighted by Crippen LogP contribution is 2.28. The van der Waals surface area contributed by atoms with Gasteiger partial charge in [-0.3, -0.25) is 0 Å². The topological polar surface area (TPSA) is 60.2 Å². The molecule has 0 spiro atoms. The van der Waals surface area contributed by atoms with Crippen LogP contribution in [0.5, 0.6) is 0 Å². The molecule has 0 saturated carbocycles. The highest BCUT2D eigenvalue weighted by atomic mass is 32.2. The minimum Gasteiger partial charge on any atom is -0.361 e. The molecular weight excluding hydrogens is 332 g/mol. The lowest BCUT2D eigenvalue weighted by molar-refractivity contribution is 0.262. The first-order valence-electron chi connectivity index (χ1n) is 8.44. The number of rotatable bonds is 4. The zero-order chi connectivity index (χ0) is 17.1. The maximum Gasteiger partial charge on any atom is 0.323 e. The third kappa shape index (κ3) is 3.97. The molecule has 4 rings (SSSR count). The average molecular weight is 352 g/mol. The van der Waals surface area contributed by atoms with Crippen LogP contribution in [0.25, 0.3) is 10.9 Å². The van der Waals surface area contributed by atoms with Crippen molar-refractivity contribution in [3.8, 4) is 0 Å². The molecule has 0 radical (unpaired) electrons. The van der Waals surface area contributed by atoms with Gasteiger partial charge in [-0.05, 0) is 67.3 Å². The lowest BCUT2D eigenvalue weighted by atomic mass is 10.2. The SMILES string of the molecule is O=C(Nc1cccc(SN2CCCC2)c1)Nc1ccc2[nH]ccc2c1. The van der Waals surface area contributed by atoms with Gasteiger partial charge in [0.1, 0.15) is 0 Å². The molecule has 0 bridgehead atoms. The van der Waals surface area contributed by atoms with Crippen molar-refractivity contribution in [2.45, 2.75) is 17.7 Å². The molecule has 0 unspecified atom stereocenters. The lowest BCUT2D eigenvalue weighted by Crippen LogP contribution is -2.19. The van der Waals surface area contributed by atoms with Gasteiger partial charge in [-0.25, -0.2) is 9.10 Å². The molecule has 1 aliphatic heterocycles. The number of aromatic nitrogens is 1. The largest absolute Gasteiger partial charge is 0.361 e. The van der Waals surface area contributed by atoms with Gasteiger partial charge in [-0.2, -0.15) is 0 Å². The fraction of sp³-hybridized carbons (Fsp3) is 0.211. The van der Waals surface area contributed by atoms with Crippen LogP contribution < -0.4 is 10.6 Å². The normalized spacial score (nSPS) is 14.7. The summed E-state index contributed by atoms with van der Waals surface area (Å²) in [7, 11) is 0. The first kappa shape index (κ1) is 16.1. The van der Waals surface area contributed by atoms with Crippen molar-refractivity contribution >= 4 is 40.3 Å². The minimum atomic E-state index is -0.238. The molecule has 2 amide bonds. The smallest absolute Gasteiger partial charge is 0.323 e. The van der Waals surface area contributed by atoms with Gasteiger partial charge in [0.15, 0.2) is 0 Å². The van der Waals surface area contributed by atoms with Crippen LogP contribution in [0, 0.1) is 0 Å². The van der Waals surface area contributed by atoms with Crippen LogP contribution in [-0.4, -0.2) is 28.4 Å². The summed E-state index contributed by atoms with van der Waals surface area (Å²) in [6, 6.07) is 15.5. The van der Waals surface area contributed by atoms with Crippen LogP contribution in [0.4, 0.5) is 16.2 Å². The molecule has 2 aromatic carbocycles. The molecule has 3 aromatic rings. The number of H-pyrrole nitrogens is 1. The number of nitrogens with zero attached hydrogens (tertiary/aromatic N) is 1. The Kier molecular flexibility index (Phi) is 4.63. The second-order valence-electron chi connectivity index (χ2n) is 6.11. The van der Waals surface area contributed by atoms with Crippen molar-refractivity contribution in [2.24, 2.45) is 0 Å². The number of carbonyl (C=O) groups excluding carboxylic acids is 1. The number of urea groups is 1. The van der Waals surface area contributed by atoms with Gasteiger partial charge in [0, 0.05) is 46.5 Å². The summed E-state index contributed by atoms with van der Waals surface area (Å²) >= 11 is 1.76. The summed E-state index contributed by atoms with van der Waals surface area (Å²) in [5.41, 5.74) is 2.62. The standard InChI is InChI=1S/C19H20N4OS/c24-19(22-16-6-7-18-14(12-16)8-9-20-18)21-15-4-3-5-17(13-15)25-23-10-1-2-11-23/h3-9,12-13,20H,1-2,10-11H2,(H2,21,22,24). The summed E-state index contributed by atoms with van der Waals surface area (Å²) in [4.78, 5) is 16.6. The van der Waals surface area contributed by atoms with Gasteiger partial charge in [-0.1, -0.05) is 6.07 Å². The molecule has 2 heterocycles. The van der Waals surface area contributed by atoms with E-state index in [1.807, 2.05) is 48.7 Å². The van der Waals surface area contributed by atoms with E-state index in [2.05, 4.69) is 26.0 Å². The number of hydrogen-bond donors (Lipinski definition) is 3. The fourth-order valence-electron chi connectivity index (χ4n) is 2.98. The number of fused-ring (bicyclic) bond motifs is 1. The zero-order valence-corrected chi connectivity index (χ0v) is 14.6. The Morgan fingerprint density at radius 2 is 1.80 bits per heavy atom. The van der Waals surface area contributed by atoms with Crippen molar-refractivity contribution < 1.29 is 4.79 Å². The third-order valence-electron chi connectivity index (χ3n) is 4.20. The maximum absolute atomic E-state index is 12.3. The first-order valence-corrected chi connectivity index (χ1v) is 9.22. The van der Waals surface area contributed by atoms with E-state index >= 15 is 0 Å². The highest BCUT2D eigenvalue weighted by Gasteiger charge is 2.13. The number of benzene rings is 2.